The van der Waals surface area contributed by atoms with Gasteiger partial charge in [0.05, 0.1) is 24.2 Å². The van der Waals surface area contributed by atoms with Crippen molar-refractivity contribution in [3.63, 3.8) is 0 Å². The monoisotopic (exact) mass is 537 g/mol. The van der Waals surface area contributed by atoms with Crippen LogP contribution in [0.25, 0.3) is 0 Å². The van der Waals surface area contributed by atoms with E-state index in [1.807, 2.05) is 24.3 Å². The highest BCUT2D eigenvalue weighted by Gasteiger charge is 2.21. The highest BCUT2D eigenvalue weighted by Crippen LogP contribution is 2.29. The van der Waals surface area contributed by atoms with Gasteiger partial charge in [0.25, 0.3) is 0 Å². The molecule has 0 spiro atoms. The van der Waals surface area contributed by atoms with Crippen LogP contribution in [0.4, 0.5) is 5.69 Å². The van der Waals surface area contributed by atoms with E-state index in [4.69, 9.17) is 26.8 Å². The maximum Gasteiger partial charge on any atom is 0.342 e. The van der Waals surface area contributed by atoms with Crippen molar-refractivity contribution in [1.29, 1.82) is 0 Å². The van der Waals surface area contributed by atoms with Gasteiger partial charge in [0.15, 0.2) is 0 Å². The molecule has 0 aromatic heterocycles. The van der Waals surface area contributed by atoms with E-state index in [0.717, 1.165) is 36.0 Å². The maximum absolute atomic E-state index is 12.4. The third kappa shape index (κ3) is 7.62. The van der Waals surface area contributed by atoms with Crippen molar-refractivity contribution >= 4 is 45.1 Å². The number of nitrogens with two attached hydrogens (primary N) is 1. The fourth-order valence-electron chi connectivity index (χ4n) is 3.77. The molecule has 1 saturated heterocycles. The highest BCUT2D eigenvalue weighted by atomic mass is 79.9. The normalized spacial score (nSPS) is 14.6. The first kappa shape index (κ1) is 25.3. The molecule has 0 saturated carbocycles. The third-order valence-corrected chi connectivity index (χ3v) is 6.61. The molecule has 1 heterocycles. The van der Waals surface area contributed by atoms with E-state index in [2.05, 4.69) is 26.1 Å². The van der Waals surface area contributed by atoms with Crippen molar-refractivity contribution in [2.24, 2.45) is 5.92 Å². The Morgan fingerprint density at radius 2 is 1.91 bits per heavy atom. The van der Waals surface area contributed by atoms with E-state index in [9.17, 15) is 9.59 Å². The molecule has 33 heavy (non-hydrogen) atoms. The predicted octanol–water partition coefficient (Wildman–Crippen LogP) is 3.92. The third-order valence-electron chi connectivity index (χ3n) is 5.75. The lowest BCUT2D eigenvalue weighted by Gasteiger charge is -2.31. The van der Waals surface area contributed by atoms with E-state index in [0.29, 0.717) is 36.9 Å². The number of carbonyl (C=O) groups excluding carboxylic acids is 2. The van der Waals surface area contributed by atoms with E-state index >= 15 is 0 Å². The van der Waals surface area contributed by atoms with Gasteiger partial charge in [-0.2, -0.15) is 0 Å². The van der Waals surface area contributed by atoms with Crippen LogP contribution in [0.15, 0.2) is 40.9 Å². The summed E-state index contributed by atoms with van der Waals surface area (Å²) in [5, 5.41) is 3.34. The number of nitrogen functional groups attached to an aromatic ring is 1. The van der Waals surface area contributed by atoms with Crippen molar-refractivity contribution in [1.82, 2.24) is 10.2 Å². The number of hydrogen-bond donors (Lipinski definition) is 2. The van der Waals surface area contributed by atoms with Crippen LogP contribution in [0.5, 0.6) is 5.75 Å². The number of carbonyl (C=O) groups is 2. The molecule has 0 atom stereocenters. The van der Waals surface area contributed by atoms with Gasteiger partial charge in [0.1, 0.15) is 17.9 Å². The summed E-state index contributed by atoms with van der Waals surface area (Å²) in [7, 11) is 1.47. The van der Waals surface area contributed by atoms with E-state index in [-0.39, 0.29) is 23.1 Å². The number of piperidine rings is 1. The molecule has 9 heteroatoms. The Morgan fingerprint density at radius 3 is 2.58 bits per heavy atom. The van der Waals surface area contributed by atoms with Crippen LogP contribution in [0, 0.1) is 5.92 Å². The van der Waals surface area contributed by atoms with Gasteiger partial charge >= 0.3 is 5.97 Å². The van der Waals surface area contributed by atoms with Crippen LogP contribution in [0.3, 0.4) is 0 Å². The Bertz CT molecular complexity index is 963. The molecular weight excluding hydrogens is 510 g/mol. The van der Waals surface area contributed by atoms with E-state index in [1.54, 1.807) is 0 Å². The zero-order valence-electron chi connectivity index (χ0n) is 18.6. The van der Waals surface area contributed by atoms with Crippen molar-refractivity contribution in [2.75, 3.05) is 45.6 Å². The fourth-order valence-corrected chi connectivity index (χ4v) is 4.19. The average Bonchev–Trinajstić information content (AvgIpc) is 2.81. The van der Waals surface area contributed by atoms with Gasteiger partial charge in [-0.05, 0) is 55.6 Å². The number of nitrogens with one attached hydrogen (secondary N) is 1. The van der Waals surface area contributed by atoms with Crippen LogP contribution in [-0.4, -0.2) is 56.7 Å². The molecule has 3 N–H and O–H groups in total. The predicted molar refractivity (Wildman–Crippen MR) is 133 cm³/mol. The molecule has 1 aliphatic rings. The van der Waals surface area contributed by atoms with E-state index in [1.165, 1.54) is 19.2 Å². The van der Waals surface area contributed by atoms with Gasteiger partial charge in [-0.25, -0.2) is 4.79 Å². The largest absolute Gasteiger partial charge is 0.496 e. The highest BCUT2D eigenvalue weighted by molar-refractivity contribution is 9.10. The maximum atomic E-state index is 12.4. The summed E-state index contributed by atoms with van der Waals surface area (Å²) in [6.07, 6.45) is 2.38. The van der Waals surface area contributed by atoms with Crippen molar-refractivity contribution in [2.45, 2.75) is 19.3 Å². The number of likely N-dealkylation sites (tertiary alicyclic amines) is 1. The number of benzene rings is 2. The molecule has 7 nitrogen and oxygen atoms in total. The topological polar surface area (TPSA) is 93.9 Å². The van der Waals surface area contributed by atoms with Crippen molar-refractivity contribution in [3.8, 4) is 5.75 Å². The molecule has 2 aromatic rings. The summed E-state index contributed by atoms with van der Waals surface area (Å²) in [6, 6.07) is 10.8. The number of rotatable bonds is 9. The number of hydrogen-bond acceptors (Lipinski definition) is 6. The molecule has 0 unspecified atom stereocenters. The number of esters is 1. The summed E-state index contributed by atoms with van der Waals surface area (Å²) in [4.78, 5) is 26.9. The molecule has 0 bridgehead atoms. The molecule has 1 fully saturated rings. The lowest BCUT2D eigenvalue weighted by molar-refractivity contribution is -0.120. The average molecular weight is 539 g/mol. The zero-order chi connectivity index (χ0) is 23.8. The van der Waals surface area contributed by atoms with Gasteiger partial charge in [0, 0.05) is 23.6 Å². The molecule has 2 aromatic carbocycles. The van der Waals surface area contributed by atoms with Crippen molar-refractivity contribution < 1.29 is 19.1 Å². The van der Waals surface area contributed by atoms with Gasteiger partial charge in [0.2, 0.25) is 5.91 Å². The van der Waals surface area contributed by atoms with Crippen LogP contribution < -0.4 is 15.8 Å². The summed E-state index contributed by atoms with van der Waals surface area (Å²) >= 11 is 9.42. The molecule has 3 rings (SSSR count). The minimum atomic E-state index is -0.489. The first-order chi connectivity index (χ1) is 15.9. The number of amides is 1. The van der Waals surface area contributed by atoms with Gasteiger partial charge in [-0.15, -0.1) is 0 Å². The second-order valence-electron chi connectivity index (χ2n) is 8.10. The SMILES string of the molecule is COc1cc(N)c(Cl)cc1C(=O)OCCN1CCC(CNC(=O)Cc2ccc(Br)cc2)CC1. The Kier molecular flexibility index (Phi) is 9.41. The Labute approximate surface area is 207 Å². The minimum absolute atomic E-state index is 0.0462. The second kappa shape index (κ2) is 12.3. The summed E-state index contributed by atoms with van der Waals surface area (Å²) in [6.45, 7) is 3.43. The number of nitrogens with zero attached hydrogens (tertiary/aromatic N) is 1. The number of ether oxygens (including phenoxy) is 2. The number of methoxy groups -OCH3 is 1. The van der Waals surface area contributed by atoms with Gasteiger partial charge in [-0.3, -0.25) is 9.69 Å². The number of halogens is 2. The molecule has 0 radical (unpaired) electrons. The quantitative estimate of drug-likeness (QED) is 0.371. The standard InChI is InChI=1S/C24H29BrClN3O4/c1-32-22-14-21(27)20(26)13-19(22)24(31)33-11-10-29-8-6-17(7-9-29)15-28-23(30)12-16-2-4-18(25)5-3-16/h2-5,13-14,17H,6-12,15,27H2,1H3,(H,28,30). The van der Waals surface area contributed by atoms with Crippen LogP contribution in [-0.2, 0) is 16.0 Å². The van der Waals surface area contributed by atoms with Crippen molar-refractivity contribution in [3.05, 3.63) is 57.0 Å². The van der Waals surface area contributed by atoms with E-state index < -0.39 is 5.97 Å². The molecule has 178 valence electrons. The van der Waals surface area contributed by atoms with Crippen LogP contribution >= 0.6 is 27.5 Å². The Hall–Kier alpha value is -2.29. The Balaban J connectivity index is 1.34. The first-order valence-corrected chi connectivity index (χ1v) is 12.1. The first-order valence-electron chi connectivity index (χ1n) is 10.9. The molecule has 1 amide bonds. The molecular formula is C24H29BrClN3O4. The zero-order valence-corrected chi connectivity index (χ0v) is 21.0. The summed E-state index contributed by atoms with van der Waals surface area (Å²) < 4.78 is 11.6. The molecule has 1 aliphatic heterocycles. The lowest BCUT2D eigenvalue weighted by Crippen LogP contribution is -2.40. The van der Waals surface area contributed by atoms with Gasteiger partial charge < -0.3 is 20.5 Å². The number of anilines is 1. The van der Waals surface area contributed by atoms with Crippen LogP contribution in [0.2, 0.25) is 5.02 Å². The molecule has 0 aliphatic carbocycles. The van der Waals surface area contributed by atoms with Gasteiger partial charge in [-0.1, -0.05) is 39.7 Å². The van der Waals surface area contributed by atoms with Crippen LogP contribution in [0.1, 0.15) is 28.8 Å². The smallest absolute Gasteiger partial charge is 0.342 e. The second-order valence-corrected chi connectivity index (χ2v) is 9.43. The summed E-state index contributed by atoms with van der Waals surface area (Å²) in [5.74, 6) is 0.353. The minimum Gasteiger partial charge on any atom is -0.496 e. The summed E-state index contributed by atoms with van der Waals surface area (Å²) in [5.41, 5.74) is 7.36. The lowest BCUT2D eigenvalue weighted by atomic mass is 9.96. The fraction of sp³-hybridized carbons (Fsp3) is 0.417. The Morgan fingerprint density at radius 1 is 1.21 bits per heavy atom.